The van der Waals surface area contributed by atoms with E-state index in [-0.39, 0.29) is 39.3 Å². The maximum atomic E-state index is 16.1. The van der Waals surface area contributed by atoms with Crippen LogP contribution in [-0.4, -0.2) is 36.8 Å². The summed E-state index contributed by atoms with van der Waals surface area (Å²) < 4.78 is 83.7. The molecule has 0 saturated heterocycles. The molecule has 1 aromatic heterocycles. The third-order valence-electron chi connectivity index (χ3n) is 6.38. The van der Waals surface area contributed by atoms with E-state index in [4.69, 9.17) is 26.8 Å². The molecule has 1 heterocycles. The Balaban J connectivity index is 1.69. The fraction of sp³-hybridized carbons (Fsp3) is 0.357. The fourth-order valence-electron chi connectivity index (χ4n) is 3.82. The molecule has 1 aliphatic rings. The first-order chi connectivity index (χ1) is 18.6. The van der Waals surface area contributed by atoms with E-state index >= 15 is 4.39 Å². The molecule has 0 aliphatic heterocycles. The van der Waals surface area contributed by atoms with Crippen LogP contribution in [0.1, 0.15) is 48.3 Å². The smallest absolute Gasteiger partial charge is 0.430 e. The van der Waals surface area contributed by atoms with Crippen molar-refractivity contribution >= 4 is 17.5 Å². The van der Waals surface area contributed by atoms with Gasteiger partial charge >= 0.3 is 6.18 Å². The molecule has 3 aromatic rings. The van der Waals surface area contributed by atoms with Gasteiger partial charge in [-0.05, 0) is 80.8 Å². The number of nitrogens with two attached hydrogens (primary N) is 1. The number of nitrogens with zero attached hydrogens (tertiary/aromatic N) is 1. The molecule has 6 nitrogen and oxygen atoms in total. The minimum absolute atomic E-state index is 0.0464. The fourth-order valence-corrected chi connectivity index (χ4v) is 4.00. The lowest BCUT2D eigenvalue weighted by Crippen LogP contribution is -2.48. The second-order valence-electron chi connectivity index (χ2n) is 10.1. The van der Waals surface area contributed by atoms with Crippen molar-refractivity contribution in [3.8, 4) is 22.8 Å². The number of hydrogen-bond acceptors (Lipinski definition) is 5. The van der Waals surface area contributed by atoms with Crippen molar-refractivity contribution in [2.75, 3.05) is 13.7 Å². The third-order valence-corrected chi connectivity index (χ3v) is 6.67. The van der Waals surface area contributed by atoms with Gasteiger partial charge in [-0.3, -0.25) is 4.79 Å². The second-order valence-corrected chi connectivity index (χ2v) is 10.5. The van der Waals surface area contributed by atoms with Crippen LogP contribution < -0.4 is 20.5 Å². The molecule has 1 amide bonds. The quantitative estimate of drug-likeness (QED) is 0.283. The molecule has 1 saturated carbocycles. The number of pyridine rings is 1. The highest BCUT2D eigenvalue weighted by Crippen LogP contribution is 2.43. The zero-order valence-corrected chi connectivity index (χ0v) is 22.6. The van der Waals surface area contributed by atoms with Crippen LogP contribution in [0.25, 0.3) is 11.3 Å². The van der Waals surface area contributed by atoms with Crippen LogP contribution >= 0.6 is 11.6 Å². The number of rotatable bonds is 9. The predicted octanol–water partition coefficient (Wildman–Crippen LogP) is 6.44. The second kappa shape index (κ2) is 10.9. The van der Waals surface area contributed by atoms with Gasteiger partial charge < -0.3 is 20.5 Å². The van der Waals surface area contributed by atoms with Crippen LogP contribution in [0.2, 0.25) is 5.02 Å². The number of halogens is 6. The SMILES string of the molecule is COc1cc(C(=O)NCC(F)(c2cc(C(C)(C)N)cc(-c3ccc(F)c(Cl)c3)n2)C(F)(F)F)ccc1OC1CC1. The molecule has 0 radical (unpaired) electrons. The molecule has 1 atom stereocenters. The number of amides is 1. The molecule has 12 heteroatoms. The van der Waals surface area contributed by atoms with E-state index in [1.54, 1.807) is 0 Å². The topological polar surface area (TPSA) is 86.5 Å². The van der Waals surface area contributed by atoms with Gasteiger partial charge in [0.25, 0.3) is 11.6 Å². The molecule has 1 aliphatic carbocycles. The number of alkyl halides is 4. The van der Waals surface area contributed by atoms with Crippen molar-refractivity contribution in [1.29, 1.82) is 0 Å². The molecule has 4 rings (SSSR count). The van der Waals surface area contributed by atoms with Crippen molar-refractivity contribution in [3.05, 3.63) is 76.2 Å². The van der Waals surface area contributed by atoms with Crippen LogP contribution in [0.4, 0.5) is 22.0 Å². The predicted molar refractivity (Wildman–Crippen MR) is 140 cm³/mol. The lowest BCUT2D eigenvalue weighted by Gasteiger charge is -2.30. The number of carbonyl (C=O) groups is 1. The van der Waals surface area contributed by atoms with Crippen molar-refractivity contribution in [2.24, 2.45) is 5.73 Å². The minimum Gasteiger partial charge on any atom is -0.493 e. The molecule has 40 heavy (non-hydrogen) atoms. The van der Waals surface area contributed by atoms with Gasteiger partial charge in [0, 0.05) is 16.7 Å². The molecule has 3 N–H and O–H groups in total. The molecule has 0 spiro atoms. The van der Waals surface area contributed by atoms with Gasteiger partial charge in [0.2, 0.25) is 0 Å². The molecule has 0 bridgehead atoms. The Bertz CT molecular complexity index is 1420. The summed E-state index contributed by atoms with van der Waals surface area (Å²) in [6.45, 7) is 1.56. The lowest BCUT2D eigenvalue weighted by molar-refractivity contribution is -0.234. The van der Waals surface area contributed by atoms with Gasteiger partial charge in [0.15, 0.2) is 11.5 Å². The third kappa shape index (κ3) is 6.31. The maximum absolute atomic E-state index is 16.1. The zero-order chi connectivity index (χ0) is 29.5. The largest absolute Gasteiger partial charge is 0.493 e. The van der Waals surface area contributed by atoms with Crippen molar-refractivity contribution in [3.63, 3.8) is 0 Å². The van der Waals surface area contributed by atoms with Crippen molar-refractivity contribution in [2.45, 2.75) is 50.2 Å². The lowest BCUT2D eigenvalue weighted by atomic mass is 9.90. The normalized spacial score (nSPS) is 15.3. The molecular weight excluding hydrogens is 557 g/mol. The molecule has 1 unspecified atom stereocenters. The highest BCUT2D eigenvalue weighted by atomic mass is 35.5. The summed E-state index contributed by atoms with van der Waals surface area (Å²) in [4.78, 5) is 16.7. The van der Waals surface area contributed by atoms with Crippen LogP contribution in [0.5, 0.6) is 11.5 Å². The van der Waals surface area contributed by atoms with E-state index in [1.807, 2.05) is 5.32 Å². The van der Waals surface area contributed by atoms with Crippen LogP contribution in [0, 0.1) is 5.82 Å². The number of benzene rings is 2. The van der Waals surface area contributed by atoms with Gasteiger partial charge in [-0.1, -0.05) is 11.6 Å². The number of hydrogen-bond donors (Lipinski definition) is 2. The van der Waals surface area contributed by atoms with Gasteiger partial charge in [-0.15, -0.1) is 0 Å². The van der Waals surface area contributed by atoms with Gasteiger partial charge in [-0.2, -0.15) is 13.2 Å². The maximum Gasteiger partial charge on any atom is 0.430 e. The first kappa shape index (κ1) is 29.5. The number of carbonyl (C=O) groups excluding carboxylic acids is 1. The monoisotopic (exact) mass is 583 g/mol. The summed E-state index contributed by atoms with van der Waals surface area (Å²) in [5, 5.41) is 1.74. The summed E-state index contributed by atoms with van der Waals surface area (Å²) in [5.41, 5.74) is -0.0962. The zero-order valence-electron chi connectivity index (χ0n) is 21.8. The standard InChI is InChI=1S/C28H27ClF5N3O3/c1-26(2,35)17-12-21(15-4-8-20(30)19(29)10-15)37-24(13-17)27(31,28(32,33)34)14-36-25(38)16-5-9-22(23(11-16)39-3)40-18-6-7-18/h4-5,8-13,18H,6-7,14,35H2,1-3H3,(H,36,38). The Morgan fingerprint density at radius 2 is 1.77 bits per heavy atom. The van der Waals surface area contributed by atoms with Gasteiger partial charge in [0.1, 0.15) is 5.82 Å². The summed E-state index contributed by atoms with van der Waals surface area (Å²) in [5.74, 6) is -1.12. The number of methoxy groups -OCH3 is 1. The molecular formula is C28H27ClF5N3O3. The van der Waals surface area contributed by atoms with E-state index in [9.17, 15) is 22.4 Å². The summed E-state index contributed by atoms with van der Waals surface area (Å²) >= 11 is 5.85. The van der Waals surface area contributed by atoms with Crippen molar-refractivity contribution in [1.82, 2.24) is 10.3 Å². The first-order valence-corrected chi connectivity index (χ1v) is 12.7. The number of nitrogens with one attached hydrogen (secondary N) is 1. The number of aromatic nitrogens is 1. The van der Waals surface area contributed by atoms with Gasteiger partial charge in [0.05, 0.1) is 36.2 Å². The Morgan fingerprint density at radius 3 is 2.35 bits per heavy atom. The Kier molecular flexibility index (Phi) is 8.01. The van der Waals surface area contributed by atoms with Crippen molar-refractivity contribution < 1.29 is 36.2 Å². The molecule has 2 aromatic carbocycles. The Labute approximate surface area is 232 Å². The molecule has 214 valence electrons. The van der Waals surface area contributed by atoms with E-state index in [0.29, 0.717) is 5.75 Å². The summed E-state index contributed by atoms with van der Waals surface area (Å²) in [6.07, 6.45) is -3.67. The van der Waals surface area contributed by atoms with Gasteiger partial charge in [-0.25, -0.2) is 13.8 Å². The average molecular weight is 584 g/mol. The van der Waals surface area contributed by atoms with E-state index in [1.165, 1.54) is 51.3 Å². The summed E-state index contributed by atoms with van der Waals surface area (Å²) in [6, 6.07) is 9.81. The first-order valence-electron chi connectivity index (χ1n) is 12.3. The van der Waals surface area contributed by atoms with Crippen LogP contribution in [-0.2, 0) is 11.2 Å². The Hall–Kier alpha value is -3.44. The Morgan fingerprint density at radius 1 is 1.07 bits per heavy atom. The van der Waals surface area contributed by atoms with E-state index < -0.39 is 41.3 Å². The van der Waals surface area contributed by atoms with E-state index in [2.05, 4.69) is 4.98 Å². The summed E-state index contributed by atoms with van der Waals surface area (Å²) in [7, 11) is 1.36. The minimum atomic E-state index is -5.48. The number of ether oxygens (including phenoxy) is 2. The average Bonchev–Trinajstić information content (AvgIpc) is 3.71. The van der Waals surface area contributed by atoms with E-state index in [0.717, 1.165) is 31.0 Å². The van der Waals surface area contributed by atoms with Crippen LogP contribution in [0.15, 0.2) is 48.5 Å². The van der Waals surface area contributed by atoms with Crippen LogP contribution in [0.3, 0.4) is 0 Å². The highest BCUT2D eigenvalue weighted by molar-refractivity contribution is 6.31. The highest BCUT2D eigenvalue weighted by Gasteiger charge is 2.59. The molecule has 1 fully saturated rings.